The lowest BCUT2D eigenvalue weighted by Crippen LogP contribution is -2.08. The molecule has 0 aromatic heterocycles. The molecule has 1 N–H and O–H groups in total. The molecule has 0 amide bonds. The SMILES string of the molecule is CCCCC[C@H](C=C=C[C@H](C)O)OC=O. The van der Waals surface area contributed by atoms with Gasteiger partial charge in [0.1, 0.15) is 6.10 Å². The molecule has 0 heterocycles. The van der Waals surface area contributed by atoms with Gasteiger partial charge in [-0.1, -0.05) is 19.8 Å². The van der Waals surface area contributed by atoms with Gasteiger partial charge in [0.05, 0.1) is 6.10 Å². The minimum atomic E-state index is -0.520. The van der Waals surface area contributed by atoms with Crippen LogP contribution in [0.15, 0.2) is 17.9 Å². The van der Waals surface area contributed by atoms with E-state index in [0.29, 0.717) is 6.47 Å². The van der Waals surface area contributed by atoms with Crippen LogP contribution < -0.4 is 0 Å². The highest BCUT2D eigenvalue weighted by Crippen LogP contribution is 2.06. The van der Waals surface area contributed by atoms with Gasteiger partial charge >= 0.3 is 0 Å². The van der Waals surface area contributed by atoms with Gasteiger partial charge in [-0.15, -0.1) is 5.73 Å². The van der Waals surface area contributed by atoms with E-state index in [0.717, 1.165) is 25.7 Å². The zero-order chi connectivity index (χ0) is 11.5. The number of unbranched alkanes of at least 4 members (excludes halogenated alkanes) is 2. The maximum Gasteiger partial charge on any atom is 0.293 e. The maximum atomic E-state index is 10.2. The third-order valence-electron chi connectivity index (χ3n) is 1.94. The van der Waals surface area contributed by atoms with E-state index in [1.165, 1.54) is 6.08 Å². The molecular formula is C12H20O3. The molecule has 0 saturated carbocycles. The summed E-state index contributed by atoms with van der Waals surface area (Å²) in [4.78, 5) is 10.2. The molecule has 0 bridgehead atoms. The van der Waals surface area contributed by atoms with Gasteiger partial charge in [0.15, 0.2) is 0 Å². The monoisotopic (exact) mass is 212 g/mol. The topological polar surface area (TPSA) is 46.5 Å². The molecule has 0 aliphatic carbocycles. The van der Waals surface area contributed by atoms with E-state index in [2.05, 4.69) is 12.7 Å². The summed E-state index contributed by atoms with van der Waals surface area (Å²) in [7, 11) is 0. The molecule has 0 radical (unpaired) electrons. The lowest BCUT2D eigenvalue weighted by atomic mass is 10.1. The molecule has 0 aliphatic heterocycles. The van der Waals surface area contributed by atoms with Crippen LogP contribution in [-0.4, -0.2) is 23.8 Å². The predicted octanol–water partition coefficient (Wildman–Crippen LogP) is 2.20. The summed E-state index contributed by atoms with van der Waals surface area (Å²) in [5, 5.41) is 8.96. The quantitative estimate of drug-likeness (QED) is 0.381. The second-order valence-electron chi connectivity index (χ2n) is 3.51. The van der Waals surface area contributed by atoms with Crippen LogP contribution in [0.3, 0.4) is 0 Å². The normalized spacial score (nSPS) is 13.5. The van der Waals surface area contributed by atoms with Crippen molar-refractivity contribution in [1.82, 2.24) is 0 Å². The summed E-state index contributed by atoms with van der Waals surface area (Å²) in [6.07, 6.45) is 6.58. The summed E-state index contributed by atoms with van der Waals surface area (Å²) < 4.78 is 4.87. The molecule has 0 aromatic rings. The largest absolute Gasteiger partial charge is 0.460 e. The molecule has 0 aromatic carbocycles. The summed E-state index contributed by atoms with van der Waals surface area (Å²) in [5.74, 6) is 0. The van der Waals surface area contributed by atoms with E-state index in [1.807, 2.05) is 0 Å². The minimum Gasteiger partial charge on any atom is -0.460 e. The Labute approximate surface area is 91.4 Å². The Bertz CT molecular complexity index is 215. The molecule has 0 fully saturated rings. The van der Waals surface area contributed by atoms with Gasteiger partial charge in [0, 0.05) is 0 Å². The first-order chi connectivity index (χ1) is 7.20. The minimum absolute atomic E-state index is 0.218. The predicted molar refractivity (Wildman–Crippen MR) is 59.4 cm³/mol. The van der Waals surface area contributed by atoms with Crippen molar-refractivity contribution in [3.8, 4) is 0 Å². The second-order valence-corrected chi connectivity index (χ2v) is 3.51. The lowest BCUT2D eigenvalue weighted by Gasteiger charge is -2.08. The highest BCUT2D eigenvalue weighted by molar-refractivity contribution is 5.37. The summed E-state index contributed by atoms with van der Waals surface area (Å²) in [5.41, 5.74) is 2.81. The first-order valence-electron chi connectivity index (χ1n) is 5.40. The average molecular weight is 212 g/mol. The van der Waals surface area contributed by atoms with E-state index >= 15 is 0 Å². The van der Waals surface area contributed by atoms with Gasteiger partial charge < -0.3 is 9.84 Å². The van der Waals surface area contributed by atoms with Gasteiger partial charge in [0.25, 0.3) is 6.47 Å². The first-order valence-corrected chi connectivity index (χ1v) is 5.40. The number of aliphatic hydroxyl groups is 1. The van der Waals surface area contributed by atoms with Crippen LogP contribution >= 0.6 is 0 Å². The Balaban J connectivity index is 4.02. The Morgan fingerprint density at radius 3 is 2.67 bits per heavy atom. The van der Waals surface area contributed by atoms with E-state index in [9.17, 15) is 4.79 Å². The van der Waals surface area contributed by atoms with Crippen molar-refractivity contribution in [3.63, 3.8) is 0 Å². The zero-order valence-electron chi connectivity index (χ0n) is 9.48. The number of hydrogen-bond donors (Lipinski definition) is 1. The third-order valence-corrected chi connectivity index (χ3v) is 1.94. The van der Waals surface area contributed by atoms with Gasteiger partial charge in [0.2, 0.25) is 0 Å². The molecule has 0 saturated heterocycles. The lowest BCUT2D eigenvalue weighted by molar-refractivity contribution is -0.131. The van der Waals surface area contributed by atoms with Crippen LogP contribution in [0.1, 0.15) is 39.5 Å². The van der Waals surface area contributed by atoms with E-state index in [1.54, 1.807) is 13.0 Å². The molecule has 0 rings (SSSR count). The standard InChI is InChI=1S/C12H20O3/c1-3-4-5-8-12(15-10-13)9-6-7-11(2)14/h7,9-12,14H,3-5,8H2,1-2H3/t6?,11-,12+/m0/s1. The van der Waals surface area contributed by atoms with Crippen molar-refractivity contribution in [3.05, 3.63) is 17.9 Å². The fourth-order valence-electron chi connectivity index (χ4n) is 1.16. The fraction of sp³-hybridized carbons (Fsp3) is 0.667. The summed E-state index contributed by atoms with van der Waals surface area (Å²) in [6, 6.07) is 0. The molecule has 86 valence electrons. The number of rotatable bonds is 8. The van der Waals surface area contributed by atoms with Crippen LogP contribution in [-0.2, 0) is 9.53 Å². The van der Waals surface area contributed by atoms with Crippen molar-refractivity contribution in [2.75, 3.05) is 0 Å². The molecule has 0 spiro atoms. The number of carbonyl (C=O) groups excluding carboxylic acids is 1. The number of carbonyl (C=O) groups is 1. The van der Waals surface area contributed by atoms with Gasteiger partial charge in [-0.25, -0.2) is 0 Å². The van der Waals surface area contributed by atoms with E-state index < -0.39 is 6.10 Å². The Morgan fingerprint density at radius 2 is 2.13 bits per heavy atom. The van der Waals surface area contributed by atoms with Crippen molar-refractivity contribution in [1.29, 1.82) is 0 Å². The molecule has 3 nitrogen and oxygen atoms in total. The van der Waals surface area contributed by atoms with E-state index in [-0.39, 0.29) is 6.10 Å². The fourth-order valence-corrected chi connectivity index (χ4v) is 1.16. The number of aliphatic hydroxyl groups excluding tert-OH is 1. The molecule has 3 heteroatoms. The van der Waals surface area contributed by atoms with Crippen LogP contribution in [0.5, 0.6) is 0 Å². The van der Waals surface area contributed by atoms with Crippen molar-refractivity contribution < 1.29 is 14.6 Å². The Kier molecular flexibility index (Phi) is 8.84. The van der Waals surface area contributed by atoms with Crippen LogP contribution in [0.4, 0.5) is 0 Å². The molecule has 2 atom stereocenters. The average Bonchev–Trinajstić information content (AvgIpc) is 2.17. The Morgan fingerprint density at radius 1 is 1.40 bits per heavy atom. The highest BCUT2D eigenvalue weighted by atomic mass is 16.5. The molecule has 0 aliphatic rings. The summed E-state index contributed by atoms with van der Waals surface area (Å²) >= 11 is 0. The molecular weight excluding hydrogens is 192 g/mol. The van der Waals surface area contributed by atoms with Crippen LogP contribution in [0.2, 0.25) is 0 Å². The second kappa shape index (κ2) is 9.50. The number of ether oxygens (including phenoxy) is 1. The first kappa shape index (κ1) is 13.9. The molecule has 15 heavy (non-hydrogen) atoms. The van der Waals surface area contributed by atoms with Gasteiger partial charge in [-0.2, -0.15) is 0 Å². The summed E-state index contributed by atoms with van der Waals surface area (Å²) in [6.45, 7) is 4.23. The van der Waals surface area contributed by atoms with Gasteiger partial charge in [-0.05, 0) is 31.9 Å². The third kappa shape index (κ3) is 9.26. The van der Waals surface area contributed by atoms with Gasteiger partial charge in [-0.3, -0.25) is 4.79 Å². The smallest absolute Gasteiger partial charge is 0.293 e. The Hall–Kier alpha value is -1.05. The van der Waals surface area contributed by atoms with Crippen molar-refractivity contribution in [2.24, 2.45) is 0 Å². The van der Waals surface area contributed by atoms with Crippen molar-refractivity contribution in [2.45, 2.75) is 51.7 Å². The van der Waals surface area contributed by atoms with Crippen LogP contribution in [0.25, 0.3) is 0 Å². The molecule has 0 unspecified atom stereocenters. The maximum absolute atomic E-state index is 10.2. The zero-order valence-corrected chi connectivity index (χ0v) is 9.48. The highest BCUT2D eigenvalue weighted by Gasteiger charge is 2.03. The van der Waals surface area contributed by atoms with Crippen molar-refractivity contribution >= 4 is 6.47 Å². The van der Waals surface area contributed by atoms with E-state index in [4.69, 9.17) is 9.84 Å². The van der Waals surface area contributed by atoms with Crippen LogP contribution in [0, 0.1) is 0 Å². The number of hydrogen-bond acceptors (Lipinski definition) is 3.